The maximum Gasteiger partial charge on any atom is 0.0577 e. The fraction of sp³-hybridized carbons (Fsp3) is 0.786. The lowest BCUT2D eigenvalue weighted by Crippen LogP contribution is -2.35. The second kappa shape index (κ2) is 9.54. The average Bonchev–Trinajstić information content (AvgIpc) is 3.04. The Labute approximate surface area is 180 Å². The van der Waals surface area contributed by atoms with Gasteiger partial charge in [-0.3, -0.25) is 0 Å². The molecule has 0 bridgehead atoms. The van der Waals surface area contributed by atoms with Crippen LogP contribution in [0.2, 0.25) is 0 Å². The van der Waals surface area contributed by atoms with Gasteiger partial charge >= 0.3 is 0 Å². The first-order chi connectivity index (χ1) is 13.7. The first-order valence-electron chi connectivity index (χ1n) is 12.5. The average molecular weight is 399 g/mol. The topological polar surface area (TPSA) is 20.2 Å². The molecule has 1 N–H and O–H groups in total. The molecule has 0 spiro atoms. The second-order valence-corrected chi connectivity index (χ2v) is 11.3. The normalized spacial score (nSPS) is 40.7. The Morgan fingerprint density at radius 3 is 2.41 bits per heavy atom. The molecular weight excluding hydrogens is 352 g/mol. The maximum absolute atomic E-state index is 10.1. The zero-order valence-corrected chi connectivity index (χ0v) is 20.0. The standard InChI is InChI=1S/C28H46O/c1-19(2)20(3)9-10-22(5)26-15-16-27-23(8-7-17-28(26,27)6)12-13-24-18-25(29)14-11-21(24)4/h9-10,12-13,19-22,25-27,29H,7-8,11,14-18H2,1-6H3/t20-,21-,22+,25-,26?,27-,28+/m0/s1. The molecule has 3 aliphatic carbocycles. The quantitative estimate of drug-likeness (QED) is 0.470. The van der Waals surface area contributed by atoms with Gasteiger partial charge in [-0.15, -0.1) is 0 Å². The molecule has 29 heavy (non-hydrogen) atoms. The van der Waals surface area contributed by atoms with Crippen molar-refractivity contribution in [2.45, 2.75) is 99.0 Å². The van der Waals surface area contributed by atoms with Crippen LogP contribution in [0.5, 0.6) is 0 Å². The van der Waals surface area contributed by atoms with E-state index in [0.717, 1.165) is 37.0 Å². The van der Waals surface area contributed by atoms with Crippen molar-refractivity contribution >= 4 is 0 Å². The van der Waals surface area contributed by atoms with Gasteiger partial charge in [0.15, 0.2) is 0 Å². The molecule has 3 saturated carbocycles. The van der Waals surface area contributed by atoms with Gasteiger partial charge in [0.05, 0.1) is 6.10 Å². The Hall–Kier alpha value is -0.820. The number of allylic oxidation sites excluding steroid dienone is 5. The van der Waals surface area contributed by atoms with Gasteiger partial charge in [-0.05, 0) is 92.3 Å². The minimum Gasteiger partial charge on any atom is -0.393 e. The molecule has 0 amide bonds. The predicted octanol–water partition coefficient (Wildman–Crippen LogP) is 7.72. The number of rotatable bonds is 5. The number of aliphatic hydroxyl groups is 1. The molecule has 3 rings (SSSR count). The number of aliphatic hydroxyl groups excluding tert-OH is 1. The molecule has 0 radical (unpaired) electrons. The zero-order valence-electron chi connectivity index (χ0n) is 20.0. The van der Waals surface area contributed by atoms with Crippen LogP contribution in [0.3, 0.4) is 0 Å². The molecule has 1 heteroatoms. The summed E-state index contributed by atoms with van der Waals surface area (Å²) in [5.74, 6) is 4.29. The van der Waals surface area contributed by atoms with Gasteiger partial charge in [-0.25, -0.2) is 0 Å². The van der Waals surface area contributed by atoms with E-state index in [-0.39, 0.29) is 6.10 Å². The van der Waals surface area contributed by atoms with Gasteiger partial charge in [-0.2, -0.15) is 0 Å². The third-order valence-electron chi connectivity index (χ3n) is 8.99. The van der Waals surface area contributed by atoms with Gasteiger partial charge in [0, 0.05) is 0 Å². The van der Waals surface area contributed by atoms with E-state index >= 15 is 0 Å². The third-order valence-corrected chi connectivity index (χ3v) is 8.99. The fourth-order valence-electron chi connectivity index (χ4n) is 6.50. The van der Waals surface area contributed by atoms with Crippen LogP contribution in [0.25, 0.3) is 0 Å². The fourth-order valence-corrected chi connectivity index (χ4v) is 6.50. The van der Waals surface area contributed by atoms with E-state index in [2.05, 4.69) is 65.8 Å². The Kier molecular flexibility index (Phi) is 7.52. The van der Waals surface area contributed by atoms with E-state index in [1.807, 2.05) is 0 Å². The molecule has 164 valence electrons. The zero-order chi connectivity index (χ0) is 21.2. The molecule has 1 unspecified atom stereocenters. The summed E-state index contributed by atoms with van der Waals surface area (Å²) in [4.78, 5) is 0. The molecule has 0 aromatic rings. The summed E-state index contributed by atoms with van der Waals surface area (Å²) in [5, 5.41) is 10.1. The van der Waals surface area contributed by atoms with Crippen molar-refractivity contribution in [2.75, 3.05) is 0 Å². The molecule has 1 nitrogen and oxygen atoms in total. The predicted molar refractivity (Wildman–Crippen MR) is 126 cm³/mol. The van der Waals surface area contributed by atoms with E-state index in [0.29, 0.717) is 23.2 Å². The van der Waals surface area contributed by atoms with E-state index in [4.69, 9.17) is 0 Å². The molecule has 3 fully saturated rings. The summed E-state index contributed by atoms with van der Waals surface area (Å²) in [5.41, 5.74) is 3.63. The van der Waals surface area contributed by atoms with E-state index in [1.165, 1.54) is 37.7 Å². The van der Waals surface area contributed by atoms with Crippen molar-refractivity contribution in [1.82, 2.24) is 0 Å². The highest BCUT2D eigenvalue weighted by molar-refractivity contribution is 5.27. The largest absolute Gasteiger partial charge is 0.393 e. The van der Waals surface area contributed by atoms with Gasteiger partial charge in [0.1, 0.15) is 0 Å². The SMILES string of the molecule is CC(C)[C@@H](C)C=C[C@@H](C)C1CC[C@H]2C(=CC=C3C[C@@H](O)CC[C@@H]3C)CCC[C@]12C. The molecule has 7 atom stereocenters. The minimum absolute atomic E-state index is 0.121. The summed E-state index contributed by atoms with van der Waals surface area (Å²) in [7, 11) is 0. The highest BCUT2D eigenvalue weighted by Gasteiger charge is 2.50. The molecule has 0 aromatic carbocycles. The smallest absolute Gasteiger partial charge is 0.0577 e. The van der Waals surface area contributed by atoms with E-state index in [9.17, 15) is 5.11 Å². The Morgan fingerprint density at radius 1 is 0.966 bits per heavy atom. The van der Waals surface area contributed by atoms with E-state index < -0.39 is 0 Å². The molecule has 0 heterocycles. The first-order valence-corrected chi connectivity index (χ1v) is 12.5. The summed E-state index contributed by atoms with van der Waals surface area (Å²) in [6.07, 6.45) is 19.5. The van der Waals surface area contributed by atoms with Crippen LogP contribution < -0.4 is 0 Å². The van der Waals surface area contributed by atoms with Crippen molar-refractivity contribution < 1.29 is 5.11 Å². The first kappa shape index (κ1) is 22.9. The molecule has 3 aliphatic rings. The minimum atomic E-state index is -0.121. The van der Waals surface area contributed by atoms with Crippen molar-refractivity contribution in [3.05, 3.63) is 35.5 Å². The van der Waals surface area contributed by atoms with Crippen molar-refractivity contribution in [3.8, 4) is 0 Å². The van der Waals surface area contributed by atoms with Crippen molar-refractivity contribution in [1.29, 1.82) is 0 Å². The summed E-state index contributed by atoms with van der Waals surface area (Å²) in [6, 6.07) is 0. The molecule has 0 aliphatic heterocycles. The lowest BCUT2D eigenvalue weighted by atomic mass is 9.61. The van der Waals surface area contributed by atoms with Gasteiger partial charge in [-0.1, -0.05) is 77.0 Å². The van der Waals surface area contributed by atoms with Crippen LogP contribution in [0.1, 0.15) is 92.9 Å². The lowest BCUT2D eigenvalue weighted by Gasteiger charge is -2.44. The molecular formula is C28H46O. The Morgan fingerprint density at radius 2 is 1.69 bits per heavy atom. The Balaban J connectivity index is 1.74. The number of fused-ring (bicyclic) bond motifs is 1. The van der Waals surface area contributed by atoms with Crippen LogP contribution in [0.4, 0.5) is 0 Å². The van der Waals surface area contributed by atoms with E-state index in [1.54, 1.807) is 5.57 Å². The maximum atomic E-state index is 10.1. The van der Waals surface area contributed by atoms with Crippen molar-refractivity contribution in [3.63, 3.8) is 0 Å². The highest BCUT2D eigenvalue weighted by atomic mass is 16.3. The van der Waals surface area contributed by atoms with Crippen molar-refractivity contribution in [2.24, 2.45) is 40.9 Å². The van der Waals surface area contributed by atoms with Gasteiger partial charge in [0.25, 0.3) is 0 Å². The third kappa shape index (κ3) is 5.09. The summed E-state index contributed by atoms with van der Waals surface area (Å²) >= 11 is 0. The van der Waals surface area contributed by atoms with Crippen LogP contribution in [-0.4, -0.2) is 11.2 Å². The summed E-state index contributed by atoms with van der Waals surface area (Å²) < 4.78 is 0. The van der Waals surface area contributed by atoms with Crippen LogP contribution in [0, 0.1) is 40.9 Å². The monoisotopic (exact) mass is 398 g/mol. The number of hydrogen-bond acceptors (Lipinski definition) is 1. The lowest BCUT2D eigenvalue weighted by molar-refractivity contribution is 0.112. The Bertz CT molecular complexity index is 639. The molecule has 0 saturated heterocycles. The molecule has 0 aromatic heterocycles. The van der Waals surface area contributed by atoms with Gasteiger partial charge in [0.2, 0.25) is 0 Å². The second-order valence-electron chi connectivity index (χ2n) is 11.3. The van der Waals surface area contributed by atoms with Crippen LogP contribution >= 0.6 is 0 Å². The van der Waals surface area contributed by atoms with Crippen LogP contribution in [0.15, 0.2) is 35.5 Å². The van der Waals surface area contributed by atoms with Gasteiger partial charge < -0.3 is 5.11 Å². The number of hydrogen-bond donors (Lipinski definition) is 1. The summed E-state index contributed by atoms with van der Waals surface area (Å²) in [6.45, 7) is 14.4. The van der Waals surface area contributed by atoms with Crippen LogP contribution in [-0.2, 0) is 0 Å². The highest BCUT2D eigenvalue weighted by Crippen LogP contribution is 2.59.